The standard InChI is InChI=1S/C12H10O2/c1-2-13-12-8-7-9-5-3-4-6-10(9)11(12)14-12/h2-8,11H,1H2. The van der Waals surface area contributed by atoms with E-state index < -0.39 is 5.79 Å². The van der Waals surface area contributed by atoms with Crippen LogP contribution < -0.4 is 0 Å². The van der Waals surface area contributed by atoms with E-state index >= 15 is 0 Å². The highest BCUT2D eigenvalue weighted by Gasteiger charge is 2.60. The van der Waals surface area contributed by atoms with Crippen LogP contribution in [0.15, 0.2) is 43.2 Å². The fourth-order valence-electron chi connectivity index (χ4n) is 1.92. The number of rotatable bonds is 2. The number of hydrogen-bond donors (Lipinski definition) is 0. The number of benzene rings is 1. The third kappa shape index (κ3) is 0.888. The number of ether oxygens (including phenoxy) is 2. The Labute approximate surface area is 82.5 Å². The van der Waals surface area contributed by atoms with Gasteiger partial charge in [0.25, 0.3) is 5.79 Å². The molecular formula is C12H10O2. The number of epoxide rings is 1. The Kier molecular flexibility index (Phi) is 1.39. The van der Waals surface area contributed by atoms with Crippen LogP contribution in [0.4, 0.5) is 0 Å². The summed E-state index contributed by atoms with van der Waals surface area (Å²) in [7, 11) is 0. The molecule has 0 amide bonds. The zero-order valence-electron chi connectivity index (χ0n) is 7.64. The molecule has 0 radical (unpaired) electrons. The van der Waals surface area contributed by atoms with Crippen molar-refractivity contribution in [1.29, 1.82) is 0 Å². The fourth-order valence-corrected chi connectivity index (χ4v) is 1.92. The van der Waals surface area contributed by atoms with Gasteiger partial charge in [0.2, 0.25) is 0 Å². The van der Waals surface area contributed by atoms with Gasteiger partial charge in [-0.25, -0.2) is 0 Å². The maximum absolute atomic E-state index is 5.55. The van der Waals surface area contributed by atoms with E-state index in [0.717, 1.165) is 0 Å². The van der Waals surface area contributed by atoms with Gasteiger partial charge in [0.1, 0.15) is 0 Å². The molecule has 2 heteroatoms. The molecule has 1 aliphatic heterocycles. The van der Waals surface area contributed by atoms with Gasteiger partial charge in [0.05, 0.1) is 6.26 Å². The minimum atomic E-state index is -0.559. The summed E-state index contributed by atoms with van der Waals surface area (Å²) in [6, 6.07) is 8.17. The predicted octanol–water partition coefficient (Wildman–Crippen LogP) is 2.64. The van der Waals surface area contributed by atoms with Gasteiger partial charge in [-0.1, -0.05) is 36.9 Å². The number of hydrogen-bond acceptors (Lipinski definition) is 2. The van der Waals surface area contributed by atoms with Crippen LogP contribution in [0.1, 0.15) is 17.2 Å². The van der Waals surface area contributed by atoms with Crippen molar-refractivity contribution < 1.29 is 9.47 Å². The van der Waals surface area contributed by atoms with Gasteiger partial charge >= 0.3 is 0 Å². The second-order valence-corrected chi connectivity index (χ2v) is 3.47. The Morgan fingerprint density at radius 1 is 1.43 bits per heavy atom. The van der Waals surface area contributed by atoms with Crippen molar-refractivity contribution in [2.75, 3.05) is 0 Å². The molecule has 0 N–H and O–H groups in total. The quantitative estimate of drug-likeness (QED) is 0.523. The summed E-state index contributed by atoms with van der Waals surface area (Å²) in [5.41, 5.74) is 2.40. The second kappa shape index (κ2) is 2.49. The van der Waals surface area contributed by atoms with Crippen molar-refractivity contribution in [1.82, 2.24) is 0 Å². The summed E-state index contributed by atoms with van der Waals surface area (Å²) in [5.74, 6) is -0.559. The maximum Gasteiger partial charge on any atom is 0.261 e. The van der Waals surface area contributed by atoms with Gasteiger partial charge in [-0.2, -0.15) is 0 Å². The summed E-state index contributed by atoms with van der Waals surface area (Å²) >= 11 is 0. The Morgan fingerprint density at radius 3 is 3.14 bits per heavy atom. The molecule has 1 aromatic rings. The molecule has 0 bridgehead atoms. The average Bonchev–Trinajstić information content (AvgIpc) is 2.93. The monoisotopic (exact) mass is 186 g/mol. The summed E-state index contributed by atoms with van der Waals surface area (Å²) < 4.78 is 10.9. The van der Waals surface area contributed by atoms with Crippen LogP contribution in [0.5, 0.6) is 0 Å². The summed E-state index contributed by atoms with van der Waals surface area (Å²) in [5, 5.41) is 0. The van der Waals surface area contributed by atoms with Crippen molar-refractivity contribution in [3.8, 4) is 0 Å². The molecule has 1 heterocycles. The lowest BCUT2D eigenvalue weighted by molar-refractivity contribution is 0.0635. The molecule has 1 aliphatic carbocycles. The molecule has 1 saturated heterocycles. The van der Waals surface area contributed by atoms with E-state index in [4.69, 9.17) is 9.47 Å². The first-order chi connectivity index (χ1) is 6.86. The molecule has 1 fully saturated rings. The maximum atomic E-state index is 5.55. The normalized spacial score (nSPS) is 31.6. The SMILES string of the molecule is C=COC12C=Cc3ccccc3C1O2. The van der Waals surface area contributed by atoms with Crippen molar-refractivity contribution in [2.24, 2.45) is 0 Å². The average molecular weight is 186 g/mol. The van der Waals surface area contributed by atoms with Crippen LogP contribution in [-0.4, -0.2) is 5.79 Å². The van der Waals surface area contributed by atoms with E-state index in [-0.39, 0.29) is 6.10 Å². The topological polar surface area (TPSA) is 21.8 Å². The largest absolute Gasteiger partial charge is 0.464 e. The third-order valence-corrected chi connectivity index (χ3v) is 2.65. The van der Waals surface area contributed by atoms with E-state index in [1.807, 2.05) is 24.3 Å². The lowest BCUT2D eigenvalue weighted by Crippen LogP contribution is -2.13. The molecule has 2 atom stereocenters. The first-order valence-corrected chi connectivity index (χ1v) is 4.60. The Bertz CT molecular complexity index is 422. The van der Waals surface area contributed by atoms with E-state index in [9.17, 15) is 0 Å². The van der Waals surface area contributed by atoms with Crippen molar-refractivity contribution in [3.63, 3.8) is 0 Å². The molecule has 2 unspecified atom stereocenters. The summed E-state index contributed by atoms with van der Waals surface area (Å²) in [6.45, 7) is 3.55. The van der Waals surface area contributed by atoms with Gasteiger partial charge in [0, 0.05) is 0 Å². The smallest absolute Gasteiger partial charge is 0.261 e. The van der Waals surface area contributed by atoms with Crippen molar-refractivity contribution >= 4 is 6.08 Å². The van der Waals surface area contributed by atoms with Gasteiger partial charge in [0.15, 0.2) is 6.10 Å². The number of fused-ring (bicyclic) bond motifs is 3. The Balaban J connectivity index is 2.04. The minimum absolute atomic E-state index is 0.0432. The lowest BCUT2D eigenvalue weighted by Gasteiger charge is -2.13. The molecule has 2 aliphatic rings. The van der Waals surface area contributed by atoms with Crippen LogP contribution in [0.3, 0.4) is 0 Å². The molecule has 0 spiro atoms. The zero-order chi connectivity index (χ0) is 9.60. The van der Waals surface area contributed by atoms with Gasteiger partial charge in [-0.15, -0.1) is 0 Å². The molecule has 2 nitrogen and oxygen atoms in total. The van der Waals surface area contributed by atoms with E-state index in [1.54, 1.807) is 0 Å². The Morgan fingerprint density at radius 2 is 2.29 bits per heavy atom. The van der Waals surface area contributed by atoms with Crippen LogP contribution in [-0.2, 0) is 9.47 Å². The van der Waals surface area contributed by atoms with Crippen LogP contribution in [0, 0.1) is 0 Å². The van der Waals surface area contributed by atoms with E-state index in [1.165, 1.54) is 17.4 Å². The van der Waals surface area contributed by atoms with Crippen LogP contribution in [0.25, 0.3) is 6.08 Å². The highest BCUT2D eigenvalue weighted by molar-refractivity contribution is 5.61. The van der Waals surface area contributed by atoms with E-state index in [2.05, 4.69) is 18.7 Å². The van der Waals surface area contributed by atoms with Gasteiger partial charge in [-0.3, -0.25) is 0 Å². The molecule has 3 rings (SSSR count). The zero-order valence-corrected chi connectivity index (χ0v) is 7.64. The molecule has 1 aromatic carbocycles. The minimum Gasteiger partial charge on any atom is -0.464 e. The molecule has 70 valence electrons. The predicted molar refractivity (Wildman–Crippen MR) is 53.3 cm³/mol. The van der Waals surface area contributed by atoms with Crippen LogP contribution in [0.2, 0.25) is 0 Å². The van der Waals surface area contributed by atoms with Crippen molar-refractivity contribution in [2.45, 2.75) is 11.9 Å². The Hall–Kier alpha value is -1.54. The highest BCUT2D eigenvalue weighted by Crippen LogP contribution is 2.55. The van der Waals surface area contributed by atoms with Crippen molar-refractivity contribution in [3.05, 3.63) is 54.3 Å². The highest BCUT2D eigenvalue weighted by atomic mass is 16.8. The molecule has 0 saturated carbocycles. The molecule has 14 heavy (non-hydrogen) atoms. The lowest BCUT2D eigenvalue weighted by atomic mass is 9.96. The molecule has 0 aromatic heterocycles. The summed E-state index contributed by atoms with van der Waals surface area (Å²) in [6.07, 6.45) is 5.45. The summed E-state index contributed by atoms with van der Waals surface area (Å²) in [4.78, 5) is 0. The van der Waals surface area contributed by atoms with Gasteiger partial charge < -0.3 is 9.47 Å². The van der Waals surface area contributed by atoms with Gasteiger partial charge in [-0.05, 0) is 17.2 Å². The second-order valence-electron chi connectivity index (χ2n) is 3.47. The first-order valence-electron chi connectivity index (χ1n) is 4.60. The van der Waals surface area contributed by atoms with Crippen LogP contribution >= 0.6 is 0 Å². The third-order valence-electron chi connectivity index (χ3n) is 2.65. The first kappa shape index (κ1) is 7.83. The van der Waals surface area contributed by atoms with E-state index in [0.29, 0.717) is 0 Å². The molecular weight excluding hydrogens is 176 g/mol. The fraction of sp³-hybridized carbons (Fsp3) is 0.167.